The second kappa shape index (κ2) is 5.72. The van der Waals surface area contributed by atoms with Crippen molar-refractivity contribution in [2.75, 3.05) is 18.9 Å². The number of nitrogens with zero attached hydrogens (tertiary/aromatic N) is 1. The Morgan fingerprint density at radius 1 is 1.19 bits per heavy atom. The molecule has 1 atom stereocenters. The van der Waals surface area contributed by atoms with Gasteiger partial charge in [0.25, 0.3) is 5.91 Å². The standard InChI is InChI=1S/C20H19N3O2S/c1-23-9-8-13-15(10-23)26-20-17(13)19(25)21-18(22-20)16-12-5-3-2-4-11(12)6-7-14(16)24/h2-7,18,22,24H,8-10H2,1H3,(H,21,25). The van der Waals surface area contributed by atoms with Gasteiger partial charge in [0.2, 0.25) is 0 Å². The van der Waals surface area contributed by atoms with E-state index in [9.17, 15) is 9.90 Å². The van der Waals surface area contributed by atoms with Crippen molar-refractivity contribution in [1.29, 1.82) is 0 Å². The molecule has 5 rings (SSSR count). The van der Waals surface area contributed by atoms with Gasteiger partial charge in [-0.1, -0.05) is 30.3 Å². The van der Waals surface area contributed by atoms with Crippen molar-refractivity contribution in [2.45, 2.75) is 19.1 Å². The van der Waals surface area contributed by atoms with Gasteiger partial charge in [-0.15, -0.1) is 11.3 Å². The molecule has 0 aliphatic carbocycles. The number of benzene rings is 2. The Morgan fingerprint density at radius 2 is 2.04 bits per heavy atom. The largest absolute Gasteiger partial charge is 0.507 e. The lowest BCUT2D eigenvalue weighted by Crippen LogP contribution is -2.38. The molecule has 0 fully saturated rings. The fourth-order valence-electron chi connectivity index (χ4n) is 3.98. The predicted octanol–water partition coefficient (Wildman–Crippen LogP) is 3.45. The number of fused-ring (bicyclic) bond motifs is 4. The quantitative estimate of drug-likeness (QED) is 0.618. The van der Waals surface area contributed by atoms with E-state index >= 15 is 0 Å². The number of carbonyl (C=O) groups is 1. The van der Waals surface area contributed by atoms with Crippen LogP contribution in [-0.4, -0.2) is 29.5 Å². The number of nitrogens with one attached hydrogen (secondary N) is 2. The molecular weight excluding hydrogens is 346 g/mol. The molecule has 0 spiro atoms. The van der Waals surface area contributed by atoms with E-state index in [1.807, 2.05) is 30.3 Å². The molecule has 0 bridgehead atoms. The summed E-state index contributed by atoms with van der Waals surface area (Å²) in [6, 6.07) is 11.5. The van der Waals surface area contributed by atoms with E-state index in [0.29, 0.717) is 5.56 Å². The Labute approximate surface area is 155 Å². The molecule has 3 heterocycles. The molecule has 132 valence electrons. The first kappa shape index (κ1) is 15.7. The van der Waals surface area contributed by atoms with Crippen LogP contribution in [0.2, 0.25) is 0 Å². The minimum atomic E-state index is -0.445. The maximum absolute atomic E-state index is 12.9. The van der Waals surface area contributed by atoms with Gasteiger partial charge >= 0.3 is 0 Å². The minimum absolute atomic E-state index is 0.0573. The van der Waals surface area contributed by atoms with Crippen LogP contribution < -0.4 is 10.6 Å². The van der Waals surface area contributed by atoms with E-state index < -0.39 is 6.17 Å². The number of rotatable bonds is 1. The van der Waals surface area contributed by atoms with Crippen LogP contribution in [0.1, 0.15) is 32.5 Å². The van der Waals surface area contributed by atoms with Crippen molar-refractivity contribution in [3.8, 4) is 5.75 Å². The third kappa shape index (κ3) is 2.29. The average molecular weight is 365 g/mol. The predicted molar refractivity (Wildman–Crippen MR) is 104 cm³/mol. The van der Waals surface area contributed by atoms with E-state index in [4.69, 9.17) is 0 Å². The second-order valence-electron chi connectivity index (χ2n) is 6.97. The van der Waals surface area contributed by atoms with Gasteiger partial charge in [0.1, 0.15) is 16.9 Å². The first-order valence-corrected chi connectivity index (χ1v) is 9.54. The van der Waals surface area contributed by atoms with Gasteiger partial charge < -0.3 is 20.6 Å². The molecule has 3 aromatic rings. The van der Waals surface area contributed by atoms with Crippen molar-refractivity contribution in [3.05, 3.63) is 58.0 Å². The molecule has 5 nitrogen and oxygen atoms in total. The van der Waals surface area contributed by atoms with Crippen molar-refractivity contribution >= 4 is 33.0 Å². The lowest BCUT2D eigenvalue weighted by molar-refractivity contribution is 0.0935. The molecular formula is C20H19N3O2S. The molecule has 0 radical (unpaired) electrons. The summed E-state index contributed by atoms with van der Waals surface area (Å²) in [5.41, 5.74) is 2.67. The SMILES string of the molecule is CN1CCc2c(sc3c2C(=O)NC(c2c(O)ccc4ccccc24)N3)C1. The van der Waals surface area contributed by atoms with Crippen molar-refractivity contribution in [1.82, 2.24) is 10.2 Å². The highest BCUT2D eigenvalue weighted by Gasteiger charge is 2.34. The van der Waals surface area contributed by atoms with Crippen LogP contribution in [0.3, 0.4) is 0 Å². The molecule has 2 aliphatic heterocycles. The third-order valence-electron chi connectivity index (χ3n) is 5.26. The number of phenols is 1. The lowest BCUT2D eigenvalue weighted by Gasteiger charge is -2.28. The number of carbonyl (C=O) groups excluding carboxylic acids is 1. The summed E-state index contributed by atoms with van der Waals surface area (Å²) in [6.07, 6.45) is 0.454. The zero-order valence-corrected chi connectivity index (χ0v) is 15.2. The lowest BCUT2D eigenvalue weighted by atomic mass is 9.98. The molecule has 26 heavy (non-hydrogen) atoms. The van der Waals surface area contributed by atoms with Crippen LogP contribution in [0.25, 0.3) is 10.8 Å². The van der Waals surface area contributed by atoms with Gasteiger partial charge in [0.05, 0.1) is 5.56 Å². The van der Waals surface area contributed by atoms with E-state index in [0.717, 1.165) is 40.8 Å². The Morgan fingerprint density at radius 3 is 2.92 bits per heavy atom. The monoisotopic (exact) mass is 365 g/mol. The van der Waals surface area contributed by atoms with Crippen LogP contribution in [0, 0.1) is 0 Å². The molecule has 3 N–H and O–H groups in total. The second-order valence-corrected chi connectivity index (χ2v) is 8.07. The Bertz CT molecular complexity index is 1040. The summed E-state index contributed by atoms with van der Waals surface area (Å²) in [7, 11) is 2.10. The number of hydrogen-bond acceptors (Lipinski definition) is 5. The zero-order valence-electron chi connectivity index (χ0n) is 14.4. The summed E-state index contributed by atoms with van der Waals surface area (Å²) in [6.45, 7) is 1.85. The van der Waals surface area contributed by atoms with Crippen molar-refractivity contribution in [3.63, 3.8) is 0 Å². The summed E-state index contributed by atoms with van der Waals surface area (Å²) in [5.74, 6) is 0.129. The van der Waals surface area contributed by atoms with Crippen LogP contribution in [-0.2, 0) is 13.0 Å². The number of anilines is 1. The van der Waals surface area contributed by atoms with Gasteiger partial charge in [-0.25, -0.2) is 0 Å². The van der Waals surface area contributed by atoms with Crippen molar-refractivity contribution in [2.24, 2.45) is 0 Å². The van der Waals surface area contributed by atoms with Gasteiger partial charge in [-0.3, -0.25) is 4.79 Å². The smallest absolute Gasteiger partial charge is 0.256 e. The summed E-state index contributed by atoms with van der Waals surface area (Å²) < 4.78 is 0. The van der Waals surface area contributed by atoms with Crippen LogP contribution in [0.5, 0.6) is 5.75 Å². The number of phenolic OH excluding ortho intramolecular Hbond substituents is 1. The van der Waals surface area contributed by atoms with Gasteiger partial charge in [0.15, 0.2) is 0 Å². The molecule has 2 aromatic carbocycles. The Hall–Kier alpha value is -2.57. The zero-order chi connectivity index (χ0) is 17.8. The van der Waals surface area contributed by atoms with E-state index in [1.165, 1.54) is 10.4 Å². The van der Waals surface area contributed by atoms with Crippen LogP contribution >= 0.6 is 11.3 Å². The molecule has 0 saturated heterocycles. The molecule has 0 saturated carbocycles. The average Bonchev–Trinajstić information content (AvgIpc) is 2.99. The van der Waals surface area contributed by atoms with Crippen molar-refractivity contribution < 1.29 is 9.90 Å². The van der Waals surface area contributed by atoms with Gasteiger partial charge in [-0.2, -0.15) is 0 Å². The number of likely N-dealkylation sites (N-methyl/N-ethyl adjacent to an activating group) is 1. The summed E-state index contributed by atoms with van der Waals surface area (Å²) >= 11 is 1.66. The van der Waals surface area contributed by atoms with Gasteiger partial charge in [-0.05, 0) is 35.9 Å². The first-order chi connectivity index (χ1) is 12.6. The molecule has 1 aromatic heterocycles. The fourth-order valence-corrected chi connectivity index (χ4v) is 5.33. The van der Waals surface area contributed by atoms with Gasteiger partial charge in [0, 0.05) is 23.5 Å². The highest BCUT2D eigenvalue weighted by Crippen LogP contribution is 2.42. The Kier molecular flexibility index (Phi) is 3.45. The fraction of sp³-hybridized carbons (Fsp3) is 0.250. The molecule has 2 aliphatic rings. The van der Waals surface area contributed by atoms with E-state index in [1.54, 1.807) is 17.4 Å². The minimum Gasteiger partial charge on any atom is -0.507 e. The topological polar surface area (TPSA) is 64.6 Å². The third-order valence-corrected chi connectivity index (χ3v) is 6.41. The molecule has 1 amide bonds. The number of aromatic hydroxyl groups is 1. The summed E-state index contributed by atoms with van der Waals surface area (Å²) in [5, 5.41) is 19.9. The van der Waals surface area contributed by atoms with Crippen LogP contribution in [0.4, 0.5) is 5.00 Å². The Balaban J connectivity index is 1.61. The number of hydrogen-bond donors (Lipinski definition) is 3. The normalized spacial score (nSPS) is 19.6. The van der Waals surface area contributed by atoms with E-state index in [2.05, 4.69) is 22.6 Å². The highest BCUT2D eigenvalue weighted by molar-refractivity contribution is 7.16. The number of amides is 1. The molecule has 6 heteroatoms. The maximum atomic E-state index is 12.9. The summed E-state index contributed by atoms with van der Waals surface area (Å²) in [4.78, 5) is 16.4. The first-order valence-electron chi connectivity index (χ1n) is 8.73. The molecule has 1 unspecified atom stereocenters. The maximum Gasteiger partial charge on any atom is 0.256 e. The van der Waals surface area contributed by atoms with Crippen LogP contribution in [0.15, 0.2) is 36.4 Å². The highest BCUT2D eigenvalue weighted by atomic mass is 32.1. The number of thiophene rings is 1. The van der Waals surface area contributed by atoms with E-state index in [-0.39, 0.29) is 11.7 Å².